The van der Waals surface area contributed by atoms with Crippen LogP contribution in [0.15, 0.2) is 17.8 Å². The van der Waals surface area contributed by atoms with Crippen LogP contribution in [-0.4, -0.2) is 20.6 Å². The number of rotatable bonds is 3. The molecule has 0 aliphatic heterocycles. The van der Waals surface area contributed by atoms with Crippen LogP contribution in [0.1, 0.15) is 50.6 Å². The summed E-state index contributed by atoms with van der Waals surface area (Å²) in [7, 11) is 0. The van der Waals surface area contributed by atoms with Crippen LogP contribution in [0, 0.1) is 17.8 Å². The molecular weight excluding hydrogens is 280 g/mol. The van der Waals surface area contributed by atoms with Crippen molar-refractivity contribution in [2.24, 2.45) is 17.8 Å². The van der Waals surface area contributed by atoms with Crippen molar-refractivity contribution < 1.29 is 5.11 Å². The molecule has 4 rings (SSSR count). The molecule has 114 valence electrons. The summed E-state index contributed by atoms with van der Waals surface area (Å²) in [6.07, 6.45) is 14.1. The molecule has 21 heavy (non-hydrogen) atoms. The van der Waals surface area contributed by atoms with E-state index in [4.69, 9.17) is 0 Å². The van der Waals surface area contributed by atoms with Crippen molar-refractivity contribution in [1.29, 1.82) is 0 Å². The molecule has 0 spiro atoms. The minimum absolute atomic E-state index is 0.211. The Morgan fingerprint density at radius 3 is 2.95 bits per heavy atom. The second kappa shape index (κ2) is 5.73. The standard InChI is InChI=1S/C17H24N2OS/c20-16(10-15-11-19-7-8-21-17(19)18-15)14-6-5-12-3-1-2-4-13(12)9-14/h7-8,11-14,16,20H,1-6,9-10H2. The third-order valence-electron chi connectivity index (χ3n) is 5.69. The van der Waals surface area contributed by atoms with Gasteiger partial charge in [0, 0.05) is 24.2 Å². The molecule has 0 bridgehead atoms. The van der Waals surface area contributed by atoms with Crippen LogP contribution in [0.3, 0.4) is 0 Å². The molecule has 0 amide bonds. The average Bonchev–Trinajstić information content (AvgIpc) is 3.08. The van der Waals surface area contributed by atoms with Crippen molar-refractivity contribution in [3.63, 3.8) is 0 Å². The molecule has 0 aromatic carbocycles. The van der Waals surface area contributed by atoms with Crippen molar-refractivity contribution in [1.82, 2.24) is 9.38 Å². The van der Waals surface area contributed by atoms with E-state index in [1.54, 1.807) is 11.3 Å². The van der Waals surface area contributed by atoms with E-state index in [0.29, 0.717) is 5.92 Å². The van der Waals surface area contributed by atoms with Gasteiger partial charge in [-0.2, -0.15) is 0 Å². The van der Waals surface area contributed by atoms with Crippen LogP contribution in [0.2, 0.25) is 0 Å². The number of hydrogen-bond donors (Lipinski definition) is 1. The predicted octanol–water partition coefficient (Wildman–Crippen LogP) is 3.91. The highest BCUT2D eigenvalue weighted by Crippen LogP contribution is 2.43. The van der Waals surface area contributed by atoms with Crippen LogP contribution in [0.25, 0.3) is 4.96 Å². The zero-order valence-corrected chi connectivity index (χ0v) is 13.3. The van der Waals surface area contributed by atoms with Crippen molar-refractivity contribution in [2.45, 2.75) is 57.5 Å². The molecule has 2 aliphatic carbocycles. The lowest BCUT2D eigenvalue weighted by atomic mass is 9.66. The van der Waals surface area contributed by atoms with Crippen molar-refractivity contribution >= 4 is 16.3 Å². The molecule has 0 saturated heterocycles. The summed E-state index contributed by atoms with van der Waals surface area (Å²) in [6, 6.07) is 0. The minimum Gasteiger partial charge on any atom is -0.392 e. The monoisotopic (exact) mass is 304 g/mol. The highest BCUT2D eigenvalue weighted by atomic mass is 32.1. The summed E-state index contributed by atoms with van der Waals surface area (Å²) in [4.78, 5) is 5.65. The fraction of sp³-hybridized carbons (Fsp3) is 0.706. The van der Waals surface area contributed by atoms with E-state index in [2.05, 4.69) is 15.6 Å². The highest BCUT2D eigenvalue weighted by molar-refractivity contribution is 7.15. The Morgan fingerprint density at radius 1 is 1.24 bits per heavy atom. The number of fused-ring (bicyclic) bond motifs is 2. The summed E-state index contributed by atoms with van der Waals surface area (Å²) in [5.41, 5.74) is 1.04. The first-order chi connectivity index (χ1) is 10.3. The predicted molar refractivity (Wildman–Crippen MR) is 85.6 cm³/mol. The van der Waals surface area contributed by atoms with Gasteiger partial charge in [-0.15, -0.1) is 11.3 Å². The van der Waals surface area contributed by atoms with Gasteiger partial charge in [-0.3, -0.25) is 4.40 Å². The number of thiazole rings is 1. The van der Waals surface area contributed by atoms with Gasteiger partial charge in [-0.25, -0.2) is 4.98 Å². The van der Waals surface area contributed by atoms with Crippen LogP contribution in [0.4, 0.5) is 0 Å². The fourth-order valence-electron chi connectivity index (χ4n) is 4.51. The first-order valence-corrected chi connectivity index (χ1v) is 9.26. The van der Waals surface area contributed by atoms with E-state index >= 15 is 0 Å². The number of aliphatic hydroxyl groups excluding tert-OH is 1. The topological polar surface area (TPSA) is 37.5 Å². The number of aromatic nitrogens is 2. The molecule has 3 nitrogen and oxygen atoms in total. The van der Waals surface area contributed by atoms with E-state index in [1.165, 1.54) is 44.9 Å². The van der Waals surface area contributed by atoms with Gasteiger partial charge in [0.05, 0.1) is 11.8 Å². The smallest absolute Gasteiger partial charge is 0.193 e. The Hall–Kier alpha value is -0.870. The highest BCUT2D eigenvalue weighted by Gasteiger charge is 2.35. The summed E-state index contributed by atoms with van der Waals surface area (Å²) in [5.74, 6) is 2.34. The normalized spacial score (nSPS) is 31.2. The Labute approximate surface area is 130 Å². The first kappa shape index (κ1) is 13.8. The van der Waals surface area contributed by atoms with Gasteiger partial charge in [0.2, 0.25) is 0 Å². The lowest BCUT2D eigenvalue weighted by Gasteiger charge is -2.40. The Kier molecular flexibility index (Phi) is 3.76. The summed E-state index contributed by atoms with van der Waals surface area (Å²) >= 11 is 1.66. The zero-order valence-electron chi connectivity index (χ0n) is 12.4. The Bertz CT molecular complexity index is 576. The molecule has 4 unspecified atom stereocenters. The summed E-state index contributed by atoms with van der Waals surface area (Å²) in [6.45, 7) is 0. The second-order valence-corrected chi connectivity index (χ2v) is 7.85. The van der Waals surface area contributed by atoms with Crippen molar-refractivity contribution in [3.05, 3.63) is 23.5 Å². The van der Waals surface area contributed by atoms with E-state index in [1.807, 2.05) is 11.6 Å². The van der Waals surface area contributed by atoms with Crippen LogP contribution >= 0.6 is 11.3 Å². The maximum absolute atomic E-state index is 10.6. The molecule has 0 radical (unpaired) electrons. The minimum atomic E-state index is -0.211. The van der Waals surface area contributed by atoms with Crippen molar-refractivity contribution in [3.8, 4) is 0 Å². The zero-order chi connectivity index (χ0) is 14.2. The molecule has 2 aliphatic rings. The van der Waals surface area contributed by atoms with E-state index in [9.17, 15) is 5.11 Å². The third kappa shape index (κ3) is 2.76. The third-order valence-corrected chi connectivity index (χ3v) is 6.46. The molecule has 4 heteroatoms. The van der Waals surface area contributed by atoms with E-state index in [-0.39, 0.29) is 6.10 Å². The van der Waals surface area contributed by atoms with E-state index < -0.39 is 0 Å². The van der Waals surface area contributed by atoms with Crippen LogP contribution in [0.5, 0.6) is 0 Å². The molecular formula is C17H24N2OS. The quantitative estimate of drug-likeness (QED) is 0.933. The maximum Gasteiger partial charge on any atom is 0.193 e. The van der Waals surface area contributed by atoms with Crippen molar-refractivity contribution in [2.75, 3.05) is 0 Å². The molecule has 1 N–H and O–H groups in total. The summed E-state index contributed by atoms with van der Waals surface area (Å²) in [5, 5.41) is 12.7. The number of aliphatic hydroxyl groups is 1. The molecule has 2 aromatic heterocycles. The lowest BCUT2D eigenvalue weighted by molar-refractivity contribution is 0.0356. The Balaban J connectivity index is 1.40. The van der Waals surface area contributed by atoms with Gasteiger partial charge < -0.3 is 5.11 Å². The molecule has 2 fully saturated rings. The van der Waals surface area contributed by atoms with E-state index in [0.717, 1.165) is 28.9 Å². The fourth-order valence-corrected chi connectivity index (χ4v) is 5.23. The SMILES string of the molecule is OC(Cc1cn2ccsc2n1)C1CCC2CCCCC2C1. The second-order valence-electron chi connectivity index (χ2n) is 6.97. The van der Waals surface area contributed by atoms with Gasteiger partial charge in [0.15, 0.2) is 4.96 Å². The number of hydrogen-bond acceptors (Lipinski definition) is 3. The molecule has 2 saturated carbocycles. The first-order valence-electron chi connectivity index (χ1n) is 8.39. The van der Waals surface area contributed by atoms with Gasteiger partial charge in [0.25, 0.3) is 0 Å². The number of imidazole rings is 1. The molecule has 4 atom stereocenters. The molecule has 2 aromatic rings. The van der Waals surface area contributed by atoms with Gasteiger partial charge in [-0.1, -0.05) is 25.7 Å². The van der Waals surface area contributed by atoms with Gasteiger partial charge in [0.1, 0.15) is 0 Å². The van der Waals surface area contributed by atoms with Gasteiger partial charge in [-0.05, 0) is 37.0 Å². The van der Waals surface area contributed by atoms with Gasteiger partial charge >= 0.3 is 0 Å². The maximum atomic E-state index is 10.6. The van der Waals surface area contributed by atoms with Crippen LogP contribution in [-0.2, 0) is 6.42 Å². The number of nitrogens with zero attached hydrogens (tertiary/aromatic N) is 2. The van der Waals surface area contributed by atoms with Crippen LogP contribution < -0.4 is 0 Å². The summed E-state index contributed by atoms with van der Waals surface area (Å²) < 4.78 is 2.06. The largest absolute Gasteiger partial charge is 0.392 e. The molecule has 2 heterocycles. The lowest BCUT2D eigenvalue weighted by Crippen LogP contribution is -2.34. The average molecular weight is 304 g/mol. The Morgan fingerprint density at radius 2 is 2.10 bits per heavy atom.